The van der Waals surface area contributed by atoms with Gasteiger partial charge in [-0.2, -0.15) is 0 Å². The van der Waals surface area contributed by atoms with Gasteiger partial charge in [0.25, 0.3) is 5.91 Å². The summed E-state index contributed by atoms with van der Waals surface area (Å²) in [6, 6.07) is 17.0. The Hall–Kier alpha value is -3.69. The van der Waals surface area contributed by atoms with E-state index >= 15 is 0 Å². The van der Waals surface area contributed by atoms with E-state index in [1.165, 1.54) is 9.58 Å². The highest BCUT2D eigenvalue weighted by Crippen LogP contribution is 2.28. The van der Waals surface area contributed by atoms with Crippen LogP contribution in [0.4, 0.5) is 0 Å². The van der Waals surface area contributed by atoms with Gasteiger partial charge in [-0.05, 0) is 42.8 Å². The molecule has 10 heteroatoms. The first-order valence-corrected chi connectivity index (χ1v) is 11.5. The van der Waals surface area contributed by atoms with E-state index in [9.17, 15) is 9.59 Å². The summed E-state index contributed by atoms with van der Waals surface area (Å²) in [5, 5.41) is 11.6. The van der Waals surface area contributed by atoms with Crippen LogP contribution in [0, 0.1) is 6.92 Å². The molecule has 4 aromatic rings. The van der Waals surface area contributed by atoms with Crippen molar-refractivity contribution in [2.75, 3.05) is 20.3 Å². The zero-order valence-electron chi connectivity index (χ0n) is 19.5. The van der Waals surface area contributed by atoms with Gasteiger partial charge < -0.3 is 19.4 Å². The fourth-order valence-electron chi connectivity index (χ4n) is 3.78. The largest absolute Gasteiger partial charge is 0.464 e. The molecule has 1 atom stereocenters. The van der Waals surface area contributed by atoms with Crippen molar-refractivity contribution >= 4 is 34.4 Å². The molecule has 35 heavy (non-hydrogen) atoms. The van der Waals surface area contributed by atoms with Crippen molar-refractivity contribution in [2.45, 2.75) is 26.1 Å². The van der Waals surface area contributed by atoms with E-state index in [1.807, 2.05) is 42.5 Å². The minimum Gasteiger partial charge on any atom is -0.464 e. The second-order valence-electron chi connectivity index (χ2n) is 7.98. The van der Waals surface area contributed by atoms with Crippen LogP contribution in [0.15, 0.2) is 65.1 Å². The lowest BCUT2D eigenvalue weighted by Gasteiger charge is -2.30. The first-order chi connectivity index (χ1) is 17.0. The molecule has 0 spiro atoms. The summed E-state index contributed by atoms with van der Waals surface area (Å²) < 4.78 is 12.4. The van der Waals surface area contributed by atoms with Crippen LogP contribution in [0.1, 0.15) is 23.1 Å². The van der Waals surface area contributed by atoms with E-state index in [0.29, 0.717) is 39.7 Å². The molecular weight excluding hydrogens is 470 g/mol. The fraction of sp³-hybridized carbons (Fsp3) is 0.280. The number of aryl methyl sites for hydroxylation is 1. The molecular formula is C25H26ClN5O4. The number of amides is 2. The highest BCUT2D eigenvalue weighted by Gasteiger charge is 2.34. The summed E-state index contributed by atoms with van der Waals surface area (Å²) in [6.07, 6.45) is 0. The lowest BCUT2D eigenvalue weighted by molar-refractivity contribution is -0.143. The zero-order valence-corrected chi connectivity index (χ0v) is 20.2. The van der Waals surface area contributed by atoms with Gasteiger partial charge in [-0.25, -0.2) is 4.68 Å². The second-order valence-corrected chi connectivity index (χ2v) is 8.39. The molecule has 0 radical (unpaired) electrons. The minimum absolute atomic E-state index is 0.0905. The van der Waals surface area contributed by atoms with Crippen molar-refractivity contribution in [3.8, 4) is 0 Å². The Morgan fingerprint density at radius 1 is 1.14 bits per heavy atom. The number of halogens is 1. The number of carbonyl (C=O) groups excluding carboxylic acids is 2. The Labute approximate surface area is 207 Å². The maximum atomic E-state index is 13.8. The van der Waals surface area contributed by atoms with Gasteiger partial charge in [-0.15, -0.1) is 5.10 Å². The van der Waals surface area contributed by atoms with Crippen molar-refractivity contribution in [3.05, 3.63) is 82.8 Å². The molecule has 9 nitrogen and oxygen atoms in total. The normalized spacial score (nSPS) is 12.0. The fourth-order valence-corrected chi connectivity index (χ4v) is 3.98. The smallest absolute Gasteiger partial charge is 0.250 e. The van der Waals surface area contributed by atoms with Crippen LogP contribution in [-0.4, -0.2) is 52.0 Å². The average molecular weight is 496 g/mol. The summed E-state index contributed by atoms with van der Waals surface area (Å²) in [5.74, 6) is 0.241. The molecule has 2 amide bonds. The number of benzene rings is 2. The molecule has 0 aliphatic carbocycles. The molecule has 4 rings (SSSR count). The predicted octanol–water partition coefficient (Wildman–Crippen LogP) is 3.52. The molecule has 2 aromatic heterocycles. The second kappa shape index (κ2) is 11.2. The topological polar surface area (TPSA) is 102 Å². The van der Waals surface area contributed by atoms with Gasteiger partial charge in [0, 0.05) is 25.2 Å². The summed E-state index contributed by atoms with van der Waals surface area (Å²) in [4.78, 5) is 28.6. The van der Waals surface area contributed by atoms with E-state index in [2.05, 4.69) is 15.6 Å². The molecule has 0 saturated carbocycles. The Bertz CT molecular complexity index is 1320. The van der Waals surface area contributed by atoms with Gasteiger partial charge in [0.2, 0.25) is 5.91 Å². The van der Waals surface area contributed by atoms with Crippen LogP contribution in [-0.2, 0) is 27.4 Å². The number of para-hydroxylation sites is 1. The SMILES string of the molecule is COCCNC(=O)C(c1ccc(C)o1)N(Cc1ccccc1Cl)C(=O)Cn1nnc2ccccc21. The Morgan fingerprint density at radius 2 is 1.91 bits per heavy atom. The van der Waals surface area contributed by atoms with Crippen LogP contribution < -0.4 is 5.32 Å². The van der Waals surface area contributed by atoms with Gasteiger partial charge >= 0.3 is 0 Å². The number of nitrogens with one attached hydrogen (secondary N) is 1. The standard InChI is InChI=1S/C25H26ClN5O4/c1-17-11-12-22(35-17)24(25(33)27-13-14-34-2)30(15-18-7-3-4-8-19(18)26)23(32)16-31-21-10-6-5-9-20(21)28-29-31/h3-12,24H,13-16H2,1-2H3,(H,27,33). The Kier molecular flexibility index (Phi) is 7.79. The summed E-state index contributed by atoms with van der Waals surface area (Å²) in [7, 11) is 1.55. The molecule has 0 bridgehead atoms. The number of fused-ring (bicyclic) bond motifs is 1. The highest BCUT2D eigenvalue weighted by molar-refractivity contribution is 6.31. The van der Waals surface area contributed by atoms with Crippen LogP contribution in [0.3, 0.4) is 0 Å². The average Bonchev–Trinajstić information content (AvgIpc) is 3.46. The Morgan fingerprint density at radius 3 is 2.66 bits per heavy atom. The van der Waals surface area contributed by atoms with Gasteiger partial charge in [0.05, 0.1) is 12.1 Å². The van der Waals surface area contributed by atoms with E-state index in [1.54, 1.807) is 32.2 Å². The van der Waals surface area contributed by atoms with Crippen molar-refractivity contribution in [1.82, 2.24) is 25.2 Å². The predicted molar refractivity (Wildman–Crippen MR) is 131 cm³/mol. The molecule has 0 saturated heterocycles. The molecule has 2 heterocycles. The van der Waals surface area contributed by atoms with E-state index < -0.39 is 6.04 Å². The molecule has 0 aliphatic rings. The highest BCUT2D eigenvalue weighted by atomic mass is 35.5. The summed E-state index contributed by atoms with van der Waals surface area (Å²) in [5.41, 5.74) is 2.09. The van der Waals surface area contributed by atoms with Gasteiger partial charge in [0.1, 0.15) is 23.6 Å². The van der Waals surface area contributed by atoms with Crippen LogP contribution in [0.25, 0.3) is 11.0 Å². The zero-order chi connectivity index (χ0) is 24.8. The van der Waals surface area contributed by atoms with E-state index in [0.717, 1.165) is 0 Å². The Balaban J connectivity index is 1.72. The number of furan rings is 1. The number of carbonyl (C=O) groups is 2. The minimum atomic E-state index is -1.03. The lowest BCUT2D eigenvalue weighted by atomic mass is 10.1. The monoisotopic (exact) mass is 495 g/mol. The number of hydrogen-bond donors (Lipinski definition) is 1. The number of rotatable bonds is 10. The number of nitrogens with zero attached hydrogens (tertiary/aromatic N) is 4. The van der Waals surface area contributed by atoms with Crippen LogP contribution >= 0.6 is 11.6 Å². The third kappa shape index (κ3) is 5.70. The van der Waals surface area contributed by atoms with Crippen molar-refractivity contribution in [3.63, 3.8) is 0 Å². The lowest BCUT2D eigenvalue weighted by Crippen LogP contribution is -2.45. The number of ether oxygens (including phenoxy) is 1. The summed E-state index contributed by atoms with van der Waals surface area (Å²) >= 11 is 6.42. The number of methoxy groups -OCH3 is 1. The van der Waals surface area contributed by atoms with Crippen molar-refractivity contribution in [1.29, 1.82) is 0 Å². The van der Waals surface area contributed by atoms with E-state index in [-0.39, 0.29) is 31.4 Å². The van der Waals surface area contributed by atoms with Crippen LogP contribution in [0.5, 0.6) is 0 Å². The van der Waals surface area contributed by atoms with Gasteiger partial charge in [-0.1, -0.05) is 47.1 Å². The van der Waals surface area contributed by atoms with Crippen molar-refractivity contribution < 1.29 is 18.7 Å². The molecule has 0 aliphatic heterocycles. The van der Waals surface area contributed by atoms with Gasteiger partial charge in [-0.3, -0.25) is 9.59 Å². The maximum absolute atomic E-state index is 13.8. The third-order valence-corrected chi connectivity index (χ3v) is 5.89. The third-order valence-electron chi connectivity index (χ3n) is 5.52. The summed E-state index contributed by atoms with van der Waals surface area (Å²) in [6.45, 7) is 2.37. The molecule has 182 valence electrons. The molecule has 1 N–H and O–H groups in total. The van der Waals surface area contributed by atoms with E-state index in [4.69, 9.17) is 20.8 Å². The number of hydrogen-bond acceptors (Lipinski definition) is 6. The quantitative estimate of drug-likeness (QED) is 0.338. The maximum Gasteiger partial charge on any atom is 0.250 e. The number of aromatic nitrogens is 3. The van der Waals surface area contributed by atoms with Gasteiger partial charge in [0.15, 0.2) is 6.04 Å². The first kappa shape index (κ1) is 24.4. The van der Waals surface area contributed by atoms with Crippen molar-refractivity contribution in [2.24, 2.45) is 0 Å². The molecule has 2 aromatic carbocycles. The first-order valence-electron chi connectivity index (χ1n) is 11.1. The van der Waals surface area contributed by atoms with Crippen LogP contribution in [0.2, 0.25) is 5.02 Å². The molecule has 1 unspecified atom stereocenters. The molecule has 0 fully saturated rings.